The lowest BCUT2D eigenvalue weighted by molar-refractivity contribution is -0.302. The van der Waals surface area contributed by atoms with Crippen molar-refractivity contribution in [2.75, 3.05) is 13.2 Å². The van der Waals surface area contributed by atoms with Crippen molar-refractivity contribution in [2.45, 2.75) is 371 Å². The van der Waals surface area contributed by atoms with Gasteiger partial charge in [-0.2, -0.15) is 0 Å². The number of amides is 1. The van der Waals surface area contributed by atoms with E-state index in [0.29, 0.717) is 12.8 Å². The number of carbonyl (C=O) groups excluding carboxylic acids is 1. The van der Waals surface area contributed by atoms with Crippen LogP contribution in [0.15, 0.2) is 12.2 Å². The van der Waals surface area contributed by atoms with Gasteiger partial charge in [-0.15, -0.1) is 0 Å². The summed E-state index contributed by atoms with van der Waals surface area (Å²) in [6, 6.07) is -0.717. The number of ether oxygens (including phenoxy) is 2. The molecule has 72 heavy (non-hydrogen) atoms. The largest absolute Gasteiger partial charge is 0.394 e. The molecule has 0 aromatic carbocycles. The minimum Gasteiger partial charge on any atom is -0.394 e. The van der Waals surface area contributed by atoms with Gasteiger partial charge in [-0.05, 0) is 38.5 Å². The Hall–Kier alpha value is -1.07. The number of hydrogen-bond acceptors (Lipinski definition) is 8. The van der Waals surface area contributed by atoms with E-state index in [4.69, 9.17) is 9.47 Å². The lowest BCUT2D eigenvalue weighted by Gasteiger charge is -2.40. The van der Waals surface area contributed by atoms with E-state index in [0.717, 1.165) is 38.5 Å². The number of carbonyl (C=O) groups is 1. The topological polar surface area (TPSA) is 149 Å². The molecule has 0 radical (unpaired) electrons. The molecule has 0 saturated carbocycles. The highest BCUT2D eigenvalue weighted by molar-refractivity contribution is 5.76. The second-order valence-corrected chi connectivity index (χ2v) is 22.6. The highest BCUT2D eigenvalue weighted by atomic mass is 16.7. The van der Waals surface area contributed by atoms with Crippen LogP contribution in [0.2, 0.25) is 0 Å². The molecule has 1 amide bonds. The molecule has 0 spiro atoms. The summed E-state index contributed by atoms with van der Waals surface area (Å²) in [7, 11) is 0. The Morgan fingerprint density at radius 2 is 0.778 bits per heavy atom. The Morgan fingerprint density at radius 1 is 0.458 bits per heavy atom. The third kappa shape index (κ3) is 42.1. The molecule has 9 heteroatoms. The Kier molecular flexibility index (Phi) is 51.1. The number of rotatable bonds is 56. The SMILES string of the molecule is CCCCCCCCCC/C=C\CCCCCCCCCCCCCCCC(=O)NC(COC1OC(CO)C(O)C(O)C1O)C(O)CCCCCCCCCCCCCCCCCCCCCCCCCC. The standard InChI is InChI=1S/C63H123NO8/c1-3-5-7-9-11-13-15-17-19-21-23-25-27-29-31-33-35-37-39-41-43-45-47-49-51-53-59(67)64-56(55-71-63-62(70)61(69)60(68)58(54-65)72-63)57(66)52-50-48-46-44-42-40-38-36-34-32-30-28-26-24-22-20-18-16-14-12-10-8-6-4-2/h21,23,56-58,60-63,65-66,68-70H,3-20,22,24-55H2,1-2H3,(H,64,67)/b23-21-. The van der Waals surface area contributed by atoms with E-state index in [1.165, 1.54) is 263 Å². The molecule has 1 aliphatic heterocycles. The van der Waals surface area contributed by atoms with Gasteiger partial charge in [0.25, 0.3) is 0 Å². The van der Waals surface area contributed by atoms with Gasteiger partial charge in [-0.1, -0.05) is 296 Å². The van der Waals surface area contributed by atoms with Gasteiger partial charge in [0.15, 0.2) is 6.29 Å². The maximum atomic E-state index is 13.1. The van der Waals surface area contributed by atoms with E-state index < -0.39 is 49.5 Å². The first-order valence-electron chi connectivity index (χ1n) is 31.9. The molecular formula is C63H123NO8. The van der Waals surface area contributed by atoms with E-state index in [-0.39, 0.29) is 12.5 Å². The van der Waals surface area contributed by atoms with Crippen molar-refractivity contribution in [1.82, 2.24) is 5.32 Å². The van der Waals surface area contributed by atoms with Crippen LogP contribution in [-0.2, 0) is 14.3 Å². The summed E-state index contributed by atoms with van der Waals surface area (Å²) in [4.78, 5) is 13.1. The predicted molar refractivity (Wildman–Crippen MR) is 304 cm³/mol. The molecule has 0 aliphatic carbocycles. The predicted octanol–water partition coefficient (Wildman–Crippen LogP) is 16.4. The van der Waals surface area contributed by atoms with Gasteiger partial charge in [0.2, 0.25) is 5.91 Å². The second-order valence-electron chi connectivity index (χ2n) is 22.6. The highest BCUT2D eigenvalue weighted by Gasteiger charge is 2.44. The zero-order valence-corrected chi connectivity index (χ0v) is 47.7. The maximum absolute atomic E-state index is 13.1. The highest BCUT2D eigenvalue weighted by Crippen LogP contribution is 2.24. The number of hydrogen-bond donors (Lipinski definition) is 6. The van der Waals surface area contributed by atoms with Crippen molar-refractivity contribution in [2.24, 2.45) is 0 Å². The maximum Gasteiger partial charge on any atom is 0.220 e. The van der Waals surface area contributed by atoms with Crippen LogP contribution in [0, 0.1) is 0 Å². The van der Waals surface area contributed by atoms with Crippen LogP contribution in [0.25, 0.3) is 0 Å². The summed E-state index contributed by atoms with van der Waals surface area (Å²) < 4.78 is 11.4. The van der Waals surface area contributed by atoms with Gasteiger partial charge in [0.05, 0.1) is 25.4 Å². The Labute approximate surface area is 446 Å². The van der Waals surface area contributed by atoms with E-state index in [1.807, 2.05) is 0 Å². The number of allylic oxidation sites excluding steroid dienone is 2. The summed E-state index contributed by atoms with van der Waals surface area (Å²) in [5.41, 5.74) is 0. The Balaban J connectivity index is 2.15. The molecule has 0 bridgehead atoms. The summed E-state index contributed by atoms with van der Waals surface area (Å²) in [5, 5.41) is 54.8. The lowest BCUT2D eigenvalue weighted by atomic mass is 9.99. The van der Waals surface area contributed by atoms with Gasteiger partial charge < -0.3 is 40.3 Å². The van der Waals surface area contributed by atoms with Crippen molar-refractivity contribution >= 4 is 5.91 Å². The smallest absolute Gasteiger partial charge is 0.220 e. The second kappa shape index (κ2) is 53.3. The summed E-state index contributed by atoms with van der Waals surface area (Å²) in [5.74, 6) is -0.137. The molecular weight excluding hydrogens is 899 g/mol. The quantitative estimate of drug-likeness (QED) is 0.0261. The van der Waals surface area contributed by atoms with Crippen LogP contribution in [0.5, 0.6) is 0 Å². The normalized spacial score (nSPS) is 19.1. The van der Waals surface area contributed by atoms with Crippen LogP contribution in [0.3, 0.4) is 0 Å². The van der Waals surface area contributed by atoms with Gasteiger partial charge in [0.1, 0.15) is 24.4 Å². The van der Waals surface area contributed by atoms with E-state index >= 15 is 0 Å². The average Bonchev–Trinajstić information content (AvgIpc) is 3.38. The van der Waals surface area contributed by atoms with Crippen molar-refractivity contribution in [3.05, 3.63) is 12.2 Å². The van der Waals surface area contributed by atoms with E-state index in [1.54, 1.807) is 0 Å². The van der Waals surface area contributed by atoms with Crippen LogP contribution >= 0.6 is 0 Å². The molecule has 1 aliphatic rings. The fraction of sp³-hybridized carbons (Fsp3) is 0.952. The minimum absolute atomic E-state index is 0.133. The van der Waals surface area contributed by atoms with Crippen molar-refractivity contribution in [1.29, 1.82) is 0 Å². The Morgan fingerprint density at radius 3 is 1.12 bits per heavy atom. The fourth-order valence-corrected chi connectivity index (χ4v) is 10.6. The Bertz CT molecular complexity index is 1140. The number of aliphatic hydroxyl groups excluding tert-OH is 5. The fourth-order valence-electron chi connectivity index (χ4n) is 10.6. The molecule has 6 N–H and O–H groups in total. The van der Waals surface area contributed by atoms with E-state index in [2.05, 4.69) is 31.3 Å². The molecule has 9 nitrogen and oxygen atoms in total. The molecule has 428 valence electrons. The van der Waals surface area contributed by atoms with Crippen LogP contribution < -0.4 is 5.32 Å². The van der Waals surface area contributed by atoms with Gasteiger partial charge in [-0.25, -0.2) is 0 Å². The molecule has 7 unspecified atom stereocenters. The summed E-state index contributed by atoms with van der Waals surface area (Å²) in [6.07, 6.45) is 59.7. The number of nitrogens with one attached hydrogen (secondary N) is 1. The third-order valence-corrected chi connectivity index (χ3v) is 15.6. The molecule has 0 aromatic heterocycles. The molecule has 1 saturated heterocycles. The van der Waals surface area contributed by atoms with Crippen LogP contribution in [0.1, 0.15) is 328 Å². The first-order chi connectivity index (χ1) is 35.3. The lowest BCUT2D eigenvalue weighted by Crippen LogP contribution is -2.60. The average molecular weight is 1020 g/mol. The monoisotopic (exact) mass is 1020 g/mol. The first kappa shape index (κ1) is 68.9. The minimum atomic E-state index is -1.55. The first-order valence-corrected chi connectivity index (χ1v) is 31.9. The molecule has 1 rings (SSSR count). The zero-order valence-electron chi connectivity index (χ0n) is 47.7. The molecule has 1 heterocycles. The molecule has 0 aromatic rings. The van der Waals surface area contributed by atoms with Gasteiger partial charge in [0, 0.05) is 6.42 Å². The van der Waals surface area contributed by atoms with E-state index in [9.17, 15) is 30.3 Å². The third-order valence-electron chi connectivity index (χ3n) is 15.6. The molecule has 7 atom stereocenters. The summed E-state index contributed by atoms with van der Waals surface area (Å²) >= 11 is 0. The van der Waals surface area contributed by atoms with Crippen molar-refractivity contribution < 1.29 is 39.8 Å². The van der Waals surface area contributed by atoms with Crippen molar-refractivity contribution in [3.8, 4) is 0 Å². The van der Waals surface area contributed by atoms with Gasteiger partial charge in [-0.3, -0.25) is 4.79 Å². The number of aliphatic hydroxyl groups is 5. The number of unbranched alkanes of at least 4 members (excludes halogenated alkanes) is 44. The van der Waals surface area contributed by atoms with Crippen molar-refractivity contribution in [3.63, 3.8) is 0 Å². The van der Waals surface area contributed by atoms with Crippen LogP contribution in [-0.4, -0.2) is 87.5 Å². The van der Waals surface area contributed by atoms with Gasteiger partial charge >= 0.3 is 0 Å². The zero-order chi connectivity index (χ0) is 52.2. The molecule has 1 fully saturated rings. The van der Waals surface area contributed by atoms with Crippen LogP contribution in [0.4, 0.5) is 0 Å². The summed E-state index contributed by atoms with van der Waals surface area (Å²) in [6.45, 7) is 3.89.